The molecule has 0 bridgehead atoms. The van der Waals surface area contributed by atoms with Gasteiger partial charge in [-0.25, -0.2) is 4.57 Å². The monoisotopic (exact) mass is 351 g/mol. The molecular weight excluding hydrogens is 313 g/mol. The minimum absolute atomic E-state index is 0.163. The molecule has 0 aliphatic heterocycles. The lowest BCUT2D eigenvalue weighted by Crippen LogP contribution is -1.97. The molecule has 0 saturated heterocycles. The van der Waals surface area contributed by atoms with E-state index in [1.165, 1.54) is 77.0 Å². The molecule has 0 rings (SSSR count). The first-order valence-corrected chi connectivity index (χ1v) is 11.0. The maximum Gasteiger partial charge on any atom is 0.469 e. The molecule has 0 saturated carbocycles. The summed E-state index contributed by atoms with van der Waals surface area (Å²) in [5.41, 5.74) is 5.47. The third-order valence-corrected chi connectivity index (χ3v) is 4.63. The second-order valence-corrected chi connectivity index (χ2v) is 7.66. The van der Waals surface area contributed by atoms with Gasteiger partial charge in [0.25, 0.3) is 0 Å². The number of hydrogen-bond donors (Lipinski definition) is 3. The van der Waals surface area contributed by atoms with Crippen molar-refractivity contribution >= 4 is 7.82 Å². The molecular formula is C17H38NO4P. The van der Waals surface area contributed by atoms with Crippen LogP contribution in [0.3, 0.4) is 0 Å². The molecule has 0 radical (unpaired) electrons. The predicted octanol–water partition coefficient (Wildman–Crippen LogP) is 4.91. The fraction of sp³-hybridized carbons (Fsp3) is 1.00. The Morgan fingerprint density at radius 2 is 0.913 bits per heavy atom. The molecule has 5 nitrogen and oxygen atoms in total. The van der Waals surface area contributed by atoms with Gasteiger partial charge in [0, 0.05) is 0 Å². The standard InChI is InChI=1S/C17H38NO4P/c18-16-14-12-10-8-6-4-2-1-3-5-7-9-11-13-15-17-22-23(19,20)21/h1-18H2,(H2,19,20,21). The summed E-state index contributed by atoms with van der Waals surface area (Å²) in [5, 5.41) is 0. The van der Waals surface area contributed by atoms with Crippen LogP contribution in [0.5, 0.6) is 0 Å². The molecule has 0 atom stereocenters. The van der Waals surface area contributed by atoms with E-state index in [-0.39, 0.29) is 6.61 Å². The Balaban J connectivity index is 3.01. The van der Waals surface area contributed by atoms with Crippen LogP contribution in [0.15, 0.2) is 0 Å². The minimum atomic E-state index is -4.26. The zero-order valence-corrected chi connectivity index (χ0v) is 15.7. The third kappa shape index (κ3) is 22.1. The van der Waals surface area contributed by atoms with Gasteiger partial charge in [-0.1, -0.05) is 83.5 Å². The summed E-state index contributed by atoms with van der Waals surface area (Å²) in [6.45, 7) is 0.998. The molecule has 0 aromatic carbocycles. The predicted molar refractivity (Wildman–Crippen MR) is 96.3 cm³/mol. The van der Waals surface area contributed by atoms with Crippen LogP contribution in [0.1, 0.15) is 96.3 Å². The molecule has 4 N–H and O–H groups in total. The van der Waals surface area contributed by atoms with Gasteiger partial charge >= 0.3 is 7.82 Å². The SMILES string of the molecule is NCCCCCCCCCCCCCCCCCOP(=O)(O)O. The van der Waals surface area contributed by atoms with Crippen molar-refractivity contribution in [2.24, 2.45) is 5.73 Å². The van der Waals surface area contributed by atoms with Crippen molar-refractivity contribution in [2.75, 3.05) is 13.2 Å². The van der Waals surface area contributed by atoms with Crippen LogP contribution >= 0.6 is 7.82 Å². The van der Waals surface area contributed by atoms with E-state index >= 15 is 0 Å². The summed E-state index contributed by atoms with van der Waals surface area (Å²) < 4.78 is 14.9. The van der Waals surface area contributed by atoms with Crippen molar-refractivity contribution in [3.63, 3.8) is 0 Å². The Morgan fingerprint density at radius 1 is 0.609 bits per heavy atom. The number of hydrogen-bond acceptors (Lipinski definition) is 3. The first-order chi connectivity index (χ1) is 11.1. The zero-order chi connectivity index (χ0) is 17.2. The molecule has 6 heteroatoms. The maximum atomic E-state index is 10.5. The highest BCUT2D eigenvalue weighted by molar-refractivity contribution is 7.46. The Morgan fingerprint density at radius 3 is 1.22 bits per heavy atom. The summed E-state index contributed by atoms with van der Waals surface area (Å²) >= 11 is 0. The lowest BCUT2D eigenvalue weighted by Gasteiger charge is -2.05. The van der Waals surface area contributed by atoms with E-state index < -0.39 is 7.82 Å². The van der Waals surface area contributed by atoms with Crippen molar-refractivity contribution in [3.05, 3.63) is 0 Å². The minimum Gasteiger partial charge on any atom is -0.330 e. The zero-order valence-electron chi connectivity index (χ0n) is 14.8. The van der Waals surface area contributed by atoms with E-state index in [1.54, 1.807) is 0 Å². The van der Waals surface area contributed by atoms with Gasteiger partial charge in [-0.15, -0.1) is 0 Å². The average molecular weight is 351 g/mol. The summed E-state index contributed by atoms with van der Waals surface area (Å²) in [7, 11) is -4.26. The molecule has 0 heterocycles. The van der Waals surface area contributed by atoms with Gasteiger partial charge in [0.15, 0.2) is 0 Å². The molecule has 0 amide bonds. The van der Waals surface area contributed by atoms with Crippen LogP contribution < -0.4 is 5.73 Å². The van der Waals surface area contributed by atoms with E-state index in [4.69, 9.17) is 15.5 Å². The normalized spacial score (nSPS) is 12.0. The third-order valence-electron chi connectivity index (χ3n) is 4.11. The van der Waals surface area contributed by atoms with Gasteiger partial charge in [0.2, 0.25) is 0 Å². The topological polar surface area (TPSA) is 92.8 Å². The van der Waals surface area contributed by atoms with Crippen molar-refractivity contribution in [2.45, 2.75) is 96.3 Å². The molecule has 0 spiro atoms. The second-order valence-electron chi connectivity index (χ2n) is 6.42. The Hall–Kier alpha value is 0.0700. The number of phosphoric ester groups is 1. The van der Waals surface area contributed by atoms with E-state index in [2.05, 4.69) is 4.52 Å². The average Bonchev–Trinajstić information content (AvgIpc) is 2.49. The number of rotatable bonds is 18. The summed E-state index contributed by atoms with van der Waals surface area (Å²) in [5.74, 6) is 0. The molecule has 0 unspecified atom stereocenters. The fourth-order valence-corrected chi connectivity index (χ4v) is 3.09. The van der Waals surface area contributed by atoms with Gasteiger partial charge in [0.05, 0.1) is 6.61 Å². The van der Waals surface area contributed by atoms with Gasteiger partial charge in [-0.2, -0.15) is 0 Å². The van der Waals surface area contributed by atoms with Crippen molar-refractivity contribution in [1.82, 2.24) is 0 Å². The Kier molecular flexibility index (Phi) is 17.0. The van der Waals surface area contributed by atoms with Gasteiger partial charge in [0.1, 0.15) is 0 Å². The smallest absolute Gasteiger partial charge is 0.330 e. The van der Waals surface area contributed by atoms with E-state index in [0.717, 1.165) is 25.8 Å². The van der Waals surface area contributed by atoms with Gasteiger partial charge in [-0.05, 0) is 19.4 Å². The van der Waals surface area contributed by atoms with Crippen LogP contribution in [0.4, 0.5) is 0 Å². The van der Waals surface area contributed by atoms with E-state index in [1.807, 2.05) is 0 Å². The fourth-order valence-electron chi connectivity index (χ4n) is 2.73. The van der Waals surface area contributed by atoms with Gasteiger partial charge in [-0.3, -0.25) is 4.52 Å². The largest absolute Gasteiger partial charge is 0.469 e. The highest BCUT2D eigenvalue weighted by Gasteiger charge is 2.12. The van der Waals surface area contributed by atoms with E-state index in [9.17, 15) is 4.57 Å². The van der Waals surface area contributed by atoms with Crippen LogP contribution in [0, 0.1) is 0 Å². The molecule has 0 aromatic heterocycles. The van der Waals surface area contributed by atoms with Crippen molar-refractivity contribution < 1.29 is 18.9 Å². The summed E-state index contributed by atoms with van der Waals surface area (Å²) in [6.07, 6.45) is 18.7. The van der Waals surface area contributed by atoms with Crippen LogP contribution in [0.25, 0.3) is 0 Å². The summed E-state index contributed by atoms with van der Waals surface area (Å²) in [4.78, 5) is 17.1. The summed E-state index contributed by atoms with van der Waals surface area (Å²) in [6, 6.07) is 0. The molecule has 0 aromatic rings. The quantitative estimate of drug-likeness (QED) is 0.241. The Bertz CT molecular complexity index is 284. The first-order valence-electron chi connectivity index (χ1n) is 9.46. The second kappa shape index (κ2) is 16.9. The van der Waals surface area contributed by atoms with Crippen LogP contribution in [-0.2, 0) is 9.09 Å². The van der Waals surface area contributed by atoms with Crippen molar-refractivity contribution in [1.29, 1.82) is 0 Å². The van der Waals surface area contributed by atoms with E-state index in [0.29, 0.717) is 0 Å². The molecule has 140 valence electrons. The lowest BCUT2D eigenvalue weighted by molar-refractivity contribution is 0.193. The first kappa shape index (κ1) is 23.1. The number of unbranched alkanes of at least 4 members (excludes halogenated alkanes) is 14. The lowest BCUT2D eigenvalue weighted by atomic mass is 10.0. The molecule has 0 aliphatic carbocycles. The van der Waals surface area contributed by atoms with Crippen LogP contribution in [-0.4, -0.2) is 22.9 Å². The molecule has 23 heavy (non-hydrogen) atoms. The Labute approximate surface area is 142 Å². The van der Waals surface area contributed by atoms with Gasteiger partial charge < -0.3 is 15.5 Å². The number of nitrogens with two attached hydrogens (primary N) is 1. The van der Waals surface area contributed by atoms with Crippen LogP contribution in [0.2, 0.25) is 0 Å². The number of phosphoric acid groups is 1. The molecule has 0 fully saturated rings. The maximum absolute atomic E-state index is 10.5. The molecule has 0 aliphatic rings. The highest BCUT2D eigenvalue weighted by Crippen LogP contribution is 2.35. The van der Waals surface area contributed by atoms with Crippen molar-refractivity contribution in [3.8, 4) is 0 Å². The highest BCUT2D eigenvalue weighted by atomic mass is 31.2.